The molecule has 0 bridgehead atoms. The summed E-state index contributed by atoms with van der Waals surface area (Å²) in [4.78, 5) is 0. The van der Waals surface area contributed by atoms with E-state index in [0.29, 0.717) is 0 Å². The lowest BCUT2D eigenvalue weighted by atomic mass is 9.99. The highest BCUT2D eigenvalue weighted by molar-refractivity contribution is 7.25. The zero-order chi connectivity index (χ0) is 33.5. The number of hydrogen-bond acceptors (Lipinski definition) is 1. The van der Waals surface area contributed by atoms with Gasteiger partial charge in [0.25, 0.3) is 0 Å². The molecule has 238 valence electrons. The normalized spacial score (nSPS) is 11.9. The third-order valence-electron chi connectivity index (χ3n) is 10.5. The lowest BCUT2D eigenvalue weighted by molar-refractivity contribution is 1.16. The number of thiophene rings is 1. The Kier molecular flexibility index (Phi) is 6.16. The van der Waals surface area contributed by atoms with E-state index in [4.69, 9.17) is 0 Å². The maximum absolute atomic E-state index is 2.54. The molecule has 0 aliphatic heterocycles. The molecule has 8 aromatic carbocycles. The highest BCUT2D eigenvalue weighted by Crippen LogP contribution is 2.45. The van der Waals surface area contributed by atoms with Gasteiger partial charge in [0.05, 0.1) is 27.8 Å². The van der Waals surface area contributed by atoms with Gasteiger partial charge in [-0.2, -0.15) is 0 Å². The van der Waals surface area contributed by atoms with E-state index in [-0.39, 0.29) is 0 Å². The fraction of sp³-hybridized carbons (Fsp3) is 0. The van der Waals surface area contributed by atoms with Gasteiger partial charge in [0, 0.05) is 47.4 Å². The fourth-order valence-corrected chi connectivity index (χ4v) is 9.42. The van der Waals surface area contributed by atoms with E-state index in [1.165, 1.54) is 91.7 Å². The molecule has 0 aliphatic rings. The molecule has 0 fully saturated rings. The standard InChI is InChI=1S/C48H30N2S/c1-2-13-31(14-3-1)32-15-10-16-33(29-32)34-17-11-18-35(30-34)49-41-22-7-4-19-36(41)38-27-28-39-37-20-5-8-23-42(37)50(48(39)47(38)49)43-24-12-26-45-46(43)40-21-6-9-25-44(40)51-45/h1-30H. The first-order valence-corrected chi connectivity index (χ1v) is 18.3. The highest BCUT2D eigenvalue weighted by atomic mass is 32.1. The molecular formula is C48H30N2S. The molecule has 0 saturated heterocycles. The molecule has 3 heterocycles. The van der Waals surface area contributed by atoms with E-state index in [1.807, 2.05) is 11.3 Å². The summed E-state index contributed by atoms with van der Waals surface area (Å²) in [7, 11) is 0. The van der Waals surface area contributed by atoms with Crippen LogP contribution in [0.5, 0.6) is 0 Å². The number of fused-ring (bicyclic) bond motifs is 10. The van der Waals surface area contributed by atoms with Gasteiger partial charge in [-0.3, -0.25) is 0 Å². The molecule has 0 unspecified atom stereocenters. The summed E-state index contributed by atoms with van der Waals surface area (Å²) in [5.41, 5.74) is 12.1. The summed E-state index contributed by atoms with van der Waals surface area (Å²) in [5.74, 6) is 0. The van der Waals surface area contributed by atoms with Crippen LogP contribution in [0.25, 0.3) is 97.4 Å². The Bertz CT molecular complexity index is 3140. The maximum atomic E-state index is 2.54. The van der Waals surface area contributed by atoms with Crippen LogP contribution in [0.15, 0.2) is 182 Å². The van der Waals surface area contributed by atoms with Gasteiger partial charge in [0.15, 0.2) is 0 Å². The number of nitrogens with zero attached hydrogens (tertiary/aromatic N) is 2. The predicted molar refractivity (Wildman–Crippen MR) is 219 cm³/mol. The molecule has 2 nitrogen and oxygen atoms in total. The quantitative estimate of drug-likeness (QED) is 0.177. The van der Waals surface area contributed by atoms with Gasteiger partial charge >= 0.3 is 0 Å². The molecule has 3 aromatic heterocycles. The van der Waals surface area contributed by atoms with E-state index >= 15 is 0 Å². The molecule has 3 heteroatoms. The van der Waals surface area contributed by atoms with E-state index in [9.17, 15) is 0 Å². The van der Waals surface area contributed by atoms with Crippen molar-refractivity contribution in [2.24, 2.45) is 0 Å². The van der Waals surface area contributed by atoms with Gasteiger partial charge in [-0.05, 0) is 70.8 Å². The van der Waals surface area contributed by atoms with Crippen LogP contribution in [-0.2, 0) is 0 Å². The molecule has 11 aromatic rings. The number of hydrogen-bond donors (Lipinski definition) is 0. The van der Waals surface area contributed by atoms with E-state index in [0.717, 1.165) is 5.69 Å². The van der Waals surface area contributed by atoms with Crippen molar-refractivity contribution in [3.05, 3.63) is 182 Å². The van der Waals surface area contributed by atoms with Crippen molar-refractivity contribution in [3.8, 4) is 33.6 Å². The Hall–Kier alpha value is -6.42. The van der Waals surface area contributed by atoms with Crippen molar-refractivity contribution >= 4 is 75.1 Å². The van der Waals surface area contributed by atoms with E-state index in [2.05, 4.69) is 191 Å². The van der Waals surface area contributed by atoms with Gasteiger partial charge in [0.2, 0.25) is 0 Å². The fourth-order valence-electron chi connectivity index (χ4n) is 8.29. The Balaban J connectivity index is 1.25. The summed E-state index contributed by atoms with van der Waals surface area (Å²) in [6.45, 7) is 0. The number of rotatable bonds is 4. The average Bonchev–Trinajstić information content (AvgIpc) is 3.86. The van der Waals surface area contributed by atoms with Crippen LogP contribution in [0.1, 0.15) is 0 Å². The monoisotopic (exact) mass is 666 g/mol. The van der Waals surface area contributed by atoms with Crippen molar-refractivity contribution in [1.82, 2.24) is 9.13 Å². The third-order valence-corrected chi connectivity index (χ3v) is 11.6. The van der Waals surface area contributed by atoms with Crippen molar-refractivity contribution in [2.75, 3.05) is 0 Å². The van der Waals surface area contributed by atoms with Gasteiger partial charge in [-0.1, -0.05) is 133 Å². The lowest BCUT2D eigenvalue weighted by Gasteiger charge is -2.14. The Morgan fingerprint density at radius 1 is 0.333 bits per heavy atom. The molecule has 0 atom stereocenters. The zero-order valence-corrected chi connectivity index (χ0v) is 28.4. The van der Waals surface area contributed by atoms with Crippen LogP contribution in [0.4, 0.5) is 0 Å². The van der Waals surface area contributed by atoms with Crippen molar-refractivity contribution < 1.29 is 0 Å². The third kappa shape index (κ3) is 4.22. The molecule has 0 radical (unpaired) electrons. The number of para-hydroxylation sites is 2. The first-order chi connectivity index (χ1) is 25.3. The Morgan fingerprint density at radius 2 is 0.863 bits per heavy atom. The molecule has 0 saturated carbocycles. The lowest BCUT2D eigenvalue weighted by Crippen LogP contribution is -1.99. The first-order valence-electron chi connectivity index (χ1n) is 17.4. The SMILES string of the molecule is c1ccc(-c2cccc(-c3cccc(-n4c5ccccc5c5ccc6c7ccccc7n(-c7cccc8sc9ccccc9c78)c6c54)c3)c2)cc1. The van der Waals surface area contributed by atoms with Crippen LogP contribution < -0.4 is 0 Å². The van der Waals surface area contributed by atoms with E-state index in [1.54, 1.807) is 0 Å². The highest BCUT2D eigenvalue weighted by Gasteiger charge is 2.23. The summed E-state index contributed by atoms with van der Waals surface area (Å²) >= 11 is 1.87. The van der Waals surface area contributed by atoms with Crippen molar-refractivity contribution in [3.63, 3.8) is 0 Å². The molecule has 0 spiro atoms. The molecule has 51 heavy (non-hydrogen) atoms. The maximum Gasteiger partial charge on any atom is 0.0789 e. The first kappa shape index (κ1) is 28.4. The number of benzene rings is 8. The summed E-state index contributed by atoms with van der Waals surface area (Å²) < 4.78 is 7.65. The van der Waals surface area contributed by atoms with Crippen LogP contribution in [-0.4, -0.2) is 9.13 Å². The smallest absolute Gasteiger partial charge is 0.0789 e. The van der Waals surface area contributed by atoms with Gasteiger partial charge < -0.3 is 9.13 Å². The average molecular weight is 667 g/mol. The topological polar surface area (TPSA) is 9.86 Å². The second kappa shape index (κ2) is 11.0. The molecular weight excluding hydrogens is 637 g/mol. The second-order valence-electron chi connectivity index (χ2n) is 13.3. The van der Waals surface area contributed by atoms with Crippen molar-refractivity contribution in [2.45, 2.75) is 0 Å². The Labute approximate surface area is 298 Å². The van der Waals surface area contributed by atoms with Crippen LogP contribution in [0, 0.1) is 0 Å². The van der Waals surface area contributed by atoms with E-state index < -0.39 is 0 Å². The van der Waals surface area contributed by atoms with Gasteiger partial charge in [-0.25, -0.2) is 0 Å². The Morgan fingerprint density at radius 3 is 1.63 bits per heavy atom. The second-order valence-corrected chi connectivity index (χ2v) is 14.4. The largest absolute Gasteiger partial charge is 0.307 e. The van der Waals surface area contributed by atoms with Crippen LogP contribution in [0.3, 0.4) is 0 Å². The van der Waals surface area contributed by atoms with Crippen molar-refractivity contribution in [1.29, 1.82) is 0 Å². The minimum absolute atomic E-state index is 1.15. The van der Waals surface area contributed by atoms with Crippen LogP contribution in [0.2, 0.25) is 0 Å². The molecule has 0 aliphatic carbocycles. The predicted octanol–water partition coefficient (Wildman–Crippen LogP) is 13.6. The molecule has 0 N–H and O–H groups in total. The van der Waals surface area contributed by atoms with Gasteiger partial charge in [0.1, 0.15) is 0 Å². The number of aromatic nitrogens is 2. The van der Waals surface area contributed by atoms with Crippen LogP contribution >= 0.6 is 11.3 Å². The summed E-state index contributed by atoms with van der Waals surface area (Å²) in [6, 6.07) is 66.6. The zero-order valence-electron chi connectivity index (χ0n) is 27.6. The summed E-state index contributed by atoms with van der Waals surface area (Å²) in [5, 5.41) is 7.63. The molecule has 11 rings (SSSR count). The van der Waals surface area contributed by atoms with Gasteiger partial charge in [-0.15, -0.1) is 11.3 Å². The minimum Gasteiger partial charge on any atom is -0.307 e. The molecule has 0 amide bonds. The minimum atomic E-state index is 1.15. The summed E-state index contributed by atoms with van der Waals surface area (Å²) in [6.07, 6.45) is 0.